The highest BCUT2D eigenvalue weighted by molar-refractivity contribution is 6.30. The number of allylic oxidation sites excluding steroid dienone is 2. The highest BCUT2D eigenvalue weighted by Crippen LogP contribution is 2.30. The predicted octanol–water partition coefficient (Wildman–Crippen LogP) is 5.91. The minimum atomic E-state index is 0.786. The lowest BCUT2D eigenvalue weighted by Crippen LogP contribution is -2.07. The molecule has 0 aromatic heterocycles. The van der Waals surface area contributed by atoms with Gasteiger partial charge in [-0.15, -0.1) is 0 Å². The van der Waals surface area contributed by atoms with Crippen molar-refractivity contribution in [1.82, 2.24) is 0 Å². The van der Waals surface area contributed by atoms with Crippen LogP contribution in [-0.2, 0) is 6.42 Å². The normalized spacial score (nSPS) is 18.1. The van der Waals surface area contributed by atoms with E-state index in [0.717, 1.165) is 10.9 Å². The molecule has 0 N–H and O–H groups in total. The second-order valence-corrected chi connectivity index (χ2v) is 5.96. The monoisotopic (exact) mass is 282 g/mol. The molecule has 2 aromatic rings. The average molecular weight is 283 g/mol. The first kappa shape index (κ1) is 13.5. The molecule has 0 bridgehead atoms. The van der Waals surface area contributed by atoms with Crippen LogP contribution >= 0.6 is 11.6 Å². The van der Waals surface area contributed by atoms with Gasteiger partial charge in [0.15, 0.2) is 0 Å². The second kappa shape index (κ2) is 6.28. The molecular weight excluding hydrogens is 264 g/mol. The van der Waals surface area contributed by atoms with Crippen LogP contribution in [0.15, 0.2) is 60.7 Å². The van der Waals surface area contributed by atoms with E-state index >= 15 is 0 Å². The summed E-state index contributed by atoms with van der Waals surface area (Å²) in [7, 11) is 0. The summed E-state index contributed by atoms with van der Waals surface area (Å²) in [5, 5.41) is 0.795. The molecule has 0 aliphatic heterocycles. The largest absolute Gasteiger partial charge is 0.0885 e. The smallest absolute Gasteiger partial charge is 0.0406 e. The highest BCUT2D eigenvalue weighted by Gasteiger charge is 2.13. The van der Waals surface area contributed by atoms with Crippen molar-refractivity contribution in [2.24, 2.45) is 5.92 Å². The Morgan fingerprint density at radius 2 is 1.75 bits per heavy atom. The van der Waals surface area contributed by atoms with Gasteiger partial charge in [-0.05, 0) is 60.4 Å². The van der Waals surface area contributed by atoms with Gasteiger partial charge in [0, 0.05) is 5.02 Å². The van der Waals surface area contributed by atoms with Crippen molar-refractivity contribution in [1.29, 1.82) is 0 Å². The Morgan fingerprint density at radius 3 is 2.50 bits per heavy atom. The maximum atomic E-state index is 5.99. The van der Waals surface area contributed by atoms with Gasteiger partial charge < -0.3 is 0 Å². The topological polar surface area (TPSA) is 0 Å². The number of hydrogen-bond acceptors (Lipinski definition) is 0. The summed E-state index contributed by atoms with van der Waals surface area (Å²) in [6.45, 7) is 0. The van der Waals surface area contributed by atoms with Crippen LogP contribution in [-0.4, -0.2) is 0 Å². The SMILES string of the molecule is Clc1ccc(-c2ccccc2CC2CC=CCC2)cc1. The third-order valence-corrected chi connectivity index (χ3v) is 4.31. The summed E-state index contributed by atoms with van der Waals surface area (Å²) in [4.78, 5) is 0. The van der Waals surface area contributed by atoms with Crippen molar-refractivity contribution in [2.45, 2.75) is 25.7 Å². The maximum absolute atomic E-state index is 5.99. The van der Waals surface area contributed by atoms with Crippen LogP contribution < -0.4 is 0 Å². The Kier molecular flexibility index (Phi) is 4.22. The molecule has 0 amide bonds. The summed E-state index contributed by atoms with van der Waals surface area (Å²) in [6.07, 6.45) is 9.57. The zero-order valence-electron chi connectivity index (χ0n) is 11.6. The first-order chi connectivity index (χ1) is 9.83. The molecule has 1 aliphatic carbocycles. The van der Waals surface area contributed by atoms with Gasteiger partial charge in [0.05, 0.1) is 0 Å². The lowest BCUT2D eigenvalue weighted by molar-refractivity contribution is 0.478. The fourth-order valence-corrected chi connectivity index (χ4v) is 3.09. The molecule has 0 saturated carbocycles. The van der Waals surface area contributed by atoms with Gasteiger partial charge in [-0.25, -0.2) is 0 Å². The Labute approximate surface area is 126 Å². The van der Waals surface area contributed by atoms with Crippen LogP contribution in [0.25, 0.3) is 11.1 Å². The van der Waals surface area contributed by atoms with Crippen molar-refractivity contribution in [2.75, 3.05) is 0 Å². The molecule has 1 aliphatic rings. The molecule has 0 fully saturated rings. The van der Waals surface area contributed by atoms with E-state index in [9.17, 15) is 0 Å². The molecule has 2 aromatic carbocycles. The lowest BCUT2D eigenvalue weighted by Gasteiger charge is -2.19. The molecule has 1 heteroatoms. The summed E-state index contributed by atoms with van der Waals surface area (Å²) in [5.41, 5.74) is 4.06. The van der Waals surface area contributed by atoms with Gasteiger partial charge in [-0.1, -0.05) is 60.2 Å². The maximum Gasteiger partial charge on any atom is 0.0406 e. The summed E-state index contributed by atoms with van der Waals surface area (Å²) >= 11 is 5.99. The summed E-state index contributed by atoms with van der Waals surface area (Å²) in [5.74, 6) is 0.786. The van der Waals surface area contributed by atoms with E-state index < -0.39 is 0 Å². The summed E-state index contributed by atoms with van der Waals surface area (Å²) in [6, 6.07) is 16.9. The molecule has 0 saturated heterocycles. The van der Waals surface area contributed by atoms with Crippen molar-refractivity contribution in [3.05, 3.63) is 71.3 Å². The average Bonchev–Trinajstić information content (AvgIpc) is 2.50. The van der Waals surface area contributed by atoms with Crippen LogP contribution in [0.5, 0.6) is 0 Å². The molecule has 3 rings (SSSR count). The van der Waals surface area contributed by atoms with Gasteiger partial charge in [0.25, 0.3) is 0 Å². The number of benzene rings is 2. The minimum absolute atomic E-state index is 0.786. The third-order valence-electron chi connectivity index (χ3n) is 4.06. The fraction of sp³-hybridized carbons (Fsp3) is 0.263. The predicted molar refractivity (Wildman–Crippen MR) is 87.1 cm³/mol. The lowest BCUT2D eigenvalue weighted by atomic mass is 9.86. The van der Waals surface area contributed by atoms with Crippen LogP contribution in [0, 0.1) is 5.92 Å². The van der Waals surface area contributed by atoms with Crippen molar-refractivity contribution < 1.29 is 0 Å². The van der Waals surface area contributed by atoms with Crippen LogP contribution in [0.3, 0.4) is 0 Å². The van der Waals surface area contributed by atoms with Gasteiger partial charge in [0.2, 0.25) is 0 Å². The van der Waals surface area contributed by atoms with Crippen molar-refractivity contribution >= 4 is 11.6 Å². The molecule has 20 heavy (non-hydrogen) atoms. The van der Waals surface area contributed by atoms with Gasteiger partial charge >= 0.3 is 0 Å². The molecule has 0 heterocycles. The quantitative estimate of drug-likeness (QED) is 0.614. The standard InChI is InChI=1S/C19H19Cl/c20-18-12-10-16(11-13-18)19-9-5-4-8-17(19)14-15-6-2-1-3-7-15/h1-2,4-5,8-13,15H,3,6-7,14H2. The Balaban J connectivity index is 1.87. The Bertz CT molecular complexity index is 595. The van der Waals surface area contributed by atoms with Crippen molar-refractivity contribution in [3.8, 4) is 11.1 Å². The van der Waals surface area contributed by atoms with Crippen LogP contribution in [0.4, 0.5) is 0 Å². The third kappa shape index (κ3) is 3.13. The van der Waals surface area contributed by atoms with E-state index in [1.54, 1.807) is 0 Å². The highest BCUT2D eigenvalue weighted by atomic mass is 35.5. The molecular formula is C19H19Cl. The van der Waals surface area contributed by atoms with E-state index in [4.69, 9.17) is 11.6 Å². The minimum Gasteiger partial charge on any atom is -0.0885 e. The Hall–Kier alpha value is -1.53. The zero-order chi connectivity index (χ0) is 13.8. The fourth-order valence-electron chi connectivity index (χ4n) is 2.96. The molecule has 0 radical (unpaired) electrons. The van der Waals surface area contributed by atoms with Gasteiger partial charge in [-0.3, -0.25) is 0 Å². The van der Waals surface area contributed by atoms with E-state index in [2.05, 4.69) is 48.6 Å². The number of rotatable bonds is 3. The number of hydrogen-bond donors (Lipinski definition) is 0. The molecule has 1 unspecified atom stereocenters. The van der Waals surface area contributed by atoms with E-state index in [1.807, 2.05) is 12.1 Å². The first-order valence-electron chi connectivity index (χ1n) is 7.32. The summed E-state index contributed by atoms with van der Waals surface area (Å²) < 4.78 is 0. The molecule has 0 spiro atoms. The molecule has 1 atom stereocenters. The Morgan fingerprint density at radius 1 is 0.950 bits per heavy atom. The van der Waals surface area contributed by atoms with Gasteiger partial charge in [0.1, 0.15) is 0 Å². The van der Waals surface area contributed by atoms with E-state index in [-0.39, 0.29) is 0 Å². The number of halogens is 1. The van der Waals surface area contributed by atoms with E-state index in [0.29, 0.717) is 0 Å². The van der Waals surface area contributed by atoms with E-state index in [1.165, 1.54) is 42.4 Å². The van der Waals surface area contributed by atoms with Crippen molar-refractivity contribution in [3.63, 3.8) is 0 Å². The first-order valence-corrected chi connectivity index (χ1v) is 7.69. The van der Waals surface area contributed by atoms with Crippen LogP contribution in [0.1, 0.15) is 24.8 Å². The van der Waals surface area contributed by atoms with Gasteiger partial charge in [-0.2, -0.15) is 0 Å². The zero-order valence-corrected chi connectivity index (χ0v) is 12.3. The molecule has 102 valence electrons. The second-order valence-electron chi connectivity index (χ2n) is 5.52. The molecule has 0 nitrogen and oxygen atoms in total. The van der Waals surface area contributed by atoms with Crippen LogP contribution in [0.2, 0.25) is 5.02 Å².